The molecule has 0 fully saturated rings. The van der Waals surface area contributed by atoms with Crippen LogP contribution >= 0.6 is 0 Å². The molecule has 32 heavy (non-hydrogen) atoms. The van der Waals surface area contributed by atoms with Gasteiger partial charge in [0.25, 0.3) is 0 Å². The van der Waals surface area contributed by atoms with Crippen molar-refractivity contribution in [1.29, 1.82) is 0 Å². The van der Waals surface area contributed by atoms with E-state index in [1.807, 2.05) is 12.4 Å². The fraction of sp³-hybridized carbons (Fsp3) is 0. The molecule has 3 heteroatoms. The molecule has 0 amide bonds. The number of aromatic nitrogens is 3. The molecule has 0 aliphatic heterocycles. The second kappa shape index (κ2) is 6.56. The Bertz CT molecular complexity index is 1620. The molecule has 7 rings (SSSR count). The summed E-state index contributed by atoms with van der Waals surface area (Å²) in [7, 11) is 0. The first-order valence-corrected chi connectivity index (χ1v) is 10.8. The van der Waals surface area contributed by atoms with Crippen LogP contribution in [0.3, 0.4) is 0 Å². The van der Waals surface area contributed by atoms with E-state index in [1.54, 1.807) is 0 Å². The summed E-state index contributed by atoms with van der Waals surface area (Å²) in [5.41, 5.74) is 7.14. The molecule has 7 aromatic rings. The standard InChI is InChI=1S/C29H19N3/c1-2-8-20(9-3-1)31-26-12-6-4-10-22(26)24-14-15-25-23-11-5-7-13-27(23)32(29(25)28(24)31)21-16-18-30-19-17-21/h1-19H. The van der Waals surface area contributed by atoms with Gasteiger partial charge < -0.3 is 9.13 Å². The molecular weight excluding hydrogens is 390 g/mol. The van der Waals surface area contributed by atoms with Crippen molar-refractivity contribution in [2.24, 2.45) is 0 Å². The number of pyridine rings is 1. The molecular formula is C29H19N3. The highest BCUT2D eigenvalue weighted by molar-refractivity contribution is 6.23. The first-order chi connectivity index (χ1) is 15.9. The van der Waals surface area contributed by atoms with Crippen LogP contribution in [-0.2, 0) is 0 Å². The molecule has 150 valence electrons. The van der Waals surface area contributed by atoms with E-state index in [4.69, 9.17) is 0 Å². The van der Waals surface area contributed by atoms with Crippen molar-refractivity contribution in [3.05, 3.63) is 116 Å². The van der Waals surface area contributed by atoms with Gasteiger partial charge in [-0.2, -0.15) is 0 Å². The predicted molar refractivity (Wildman–Crippen MR) is 133 cm³/mol. The van der Waals surface area contributed by atoms with Crippen molar-refractivity contribution in [2.75, 3.05) is 0 Å². The number of para-hydroxylation sites is 3. The number of hydrogen-bond acceptors (Lipinski definition) is 1. The normalized spacial score (nSPS) is 11.8. The number of rotatable bonds is 2. The minimum atomic E-state index is 1.11. The average molecular weight is 409 g/mol. The van der Waals surface area contributed by atoms with Crippen LogP contribution in [0.15, 0.2) is 116 Å². The van der Waals surface area contributed by atoms with Gasteiger partial charge in [-0.25, -0.2) is 0 Å². The molecule has 0 saturated heterocycles. The van der Waals surface area contributed by atoms with Gasteiger partial charge in [-0.1, -0.05) is 66.7 Å². The van der Waals surface area contributed by atoms with Gasteiger partial charge in [-0.05, 0) is 36.4 Å². The lowest BCUT2D eigenvalue weighted by Gasteiger charge is -2.12. The van der Waals surface area contributed by atoms with Crippen molar-refractivity contribution in [1.82, 2.24) is 14.1 Å². The van der Waals surface area contributed by atoms with Gasteiger partial charge in [-0.15, -0.1) is 0 Å². The monoisotopic (exact) mass is 409 g/mol. The third kappa shape index (κ3) is 2.28. The minimum Gasteiger partial charge on any atom is -0.307 e. The van der Waals surface area contributed by atoms with Gasteiger partial charge in [0, 0.05) is 45.3 Å². The molecule has 4 aromatic carbocycles. The smallest absolute Gasteiger partial charge is 0.0788 e. The van der Waals surface area contributed by atoms with Crippen LogP contribution in [0.25, 0.3) is 55.0 Å². The van der Waals surface area contributed by atoms with Crippen LogP contribution in [0.1, 0.15) is 0 Å². The summed E-state index contributed by atoms with van der Waals surface area (Å²) in [5.74, 6) is 0. The number of fused-ring (bicyclic) bond motifs is 7. The number of benzene rings is 4. The fourth-order valence-electron chi connectivity index (χ4n) is 5.11. The Labute approximate surface area is 184 Å². The fourth-order valence-corrected chi connectivity index (χ4v) is 5.11. The molecule has 3 aromatic heterocycles. The van der Waals surface area contributed by atoms with E-state index in [-0.39, 0.29) is 0 Å². The van der Waals surface area contributed by atoms with Crippen LogP contribution < -0.4 is 0 Å². The van der Waals surface area contributed by atoms with Crippen molar-refractivity contribution in [3.63, 3.8) is 0 Å². The Morgan fingerprint density at radius 2 is 0.875 bits per heavy atom. The van der Waals surface area contributed by atoms with Gasteiger partial charge in [0.1, 0.15) is 0 Å². The largest absolute Gasteiger partial charge is 0.307 e. The second-order valence-corrected chi connectivity index (χ2v) is 8.10. The second-order valence-electron chi connectivity index (χ2n) is 8.10. The quantitative estimate of drug-likeness (QED) is 0.294. The molecule has 0 aliphatic carbocycles. The molecule has 0 atom stereocenters. The topological polar surface area (TPSA) is 22.8 Å². The van der Waals surface area contributed by atoms with Gasteiger partial charge in [0.05, 0.1) is 22.1 Å². The van der Waals surface area contributed by atoms with E-state index in [2.05, 4.69) is 117 Å². The highest BCUT2D eigenvalue weighted by Crippen LogP contribution is 2.41. The molecule has 0 bridgehead atoms. The summed E-state index contributed by atoms with van der Waals surface area (Å²) in [6.07, 6.45) is 3.73. The molecule has 0 unspecified atom stereocenters. The summed E-state index contributed by atoms with van der Waals surface area (Å²) >= 11 is 0. The summed E-state index contributed by atoms with van der Waals surface area (Å²) < 4.78 is 4.79. The zero-order valence-corrected chi connectivity index (χ0v) is 17.3. The first kappa shape index (κ1) is 17.3. The summed E-state index contributed by atoms with van der Waals surface area (Å²) in [6.45, 7) is 0. The van der Waals surface area contributed by atoms with E-state index >= 15 is 0 Å². The van der Waals surface area contributed by atoms with Crippen LogP contribution in [0.4, 0.5) is 0 Å². The van der Waals surface area contributed by atoms with Crippen molar-refractivity contribution in [2.45, 2.75) is 0 Å². The van der Waals surface area contributed by atoms with E-state index in [0.29, 0.717) is 0 Å². The summed E-state index contributed by atoms with van der Waals surface area (Å²) in [5, 5.41) is 5.03. The van der Waals surface area contributed by atoms with Crippen LogP contribution in [0, 0.1) is 0 Å². The van der Waals surface area contributed by atoms with Gasteiger partial charge in [0.15, 0.2) is 0 Å². The van der Waals surface area contributed by atoms with E-state index in [9.17, 15) is 0 Å². The molecule has 3 heterocycles. The lowest BCUT2D eigenvalue weighted by molar-refractivity contribution is 1.14. The van der Waals surface area contributed by atoms with Gasteiger partial charge in [0.2, 0.25) is 0 Å². The van der Waals surface area contributed by atoms with Crippen molar-refractivity contribution < 1.29 is 0 Å². The van der Waals surface area contributed by atoms with E-state index < -0.39 is 0 Å². The third-order valence-electron chi connectivity index (χ3n) is 6.40. The molecule has 3 nitrogen and oxygen atoms in total. The summed E-state index contributed by atoms with van der Waals surface area (Å²) in [4.78, 5) is 4.26. The molecule has 0 aliphatic rings. The zero-order chi connectivity index (χ0) is 21.1. The Balaban J connectivity index is 1.81. The molecule has 0 spiro atoms. The highest BCUT2D eigenvalue weighted by atomic mass is 15.0. The van der Waals surface area contributed by atoms with E-state index in [1.165, 1.54) is 43.6 Å². The van der Waals surface area contributed by atoms with Crippen LogP contribution in [-0.4, -0.2) is 14.1 Å². The SMILES string of the molecule is c1ccc(-n2c3ccccc3c3ccc4c5ccccc5n(-c5ccncc5)c4c32)cc1. The minimum absolute atomic E-state index is 1.11. The molecule has 0 N–H and O–H groups in total. The van der Waals surface area contributed by atoms with Gasteiger partial charge >= 0.3 is 0 Å². The van der Waals surface area contributed by atoms with Gasteiger partial charge in [-0.3, -0.25) is 4.98 Å². The lowest BCUT2D eigenvalue weighted by atomic mass is 10.1. The Kier molecular flexibility index (Phi) is 3.55. The number of nitrogens with zero attached hydrogens (tertiary/aromatic N) is 3. The first-order valence-electron chi connectivity index (χ1n) is 10.8. The maximum atomic E-state index is 4.26. The maximum Gasteiger partial charge on any atom is 0.0788 e. The van der Waals surface area contributed by atoms with E-state index in [0.717, 1.165) is 11.4 Å². The summed E-state index contributed by atoms with van der Waals surface area (Å²) in [6, 6.07) is 36.7. The lowest BCUT2D eigenvalue weighted by Crippen LogP contribution is -1.98. The van der Waals surface area contributed by atoms with Crippen LogP contribution in [0.2, 0.25) is 0 Å². The van der Waals surface area contributed by atoms with Crippen molar-refractivity contribution >= 4 is 43.6 Å². The molecule has 0 saturated carbocycles. The van der Waals surface area contributed by atoms with Crippen molar-refractivity contribution in [3.8, 4) is 11.4 Å². The Morgan fingerprint density at radius 1 is 0.406 bits per heavy atom. The zero-order valence-electron chi connectivity index (χ0n) is 17.3. The van der Waals surface area contributed by atoms with Crippen LogP contribution in [0.5, 0.6) is 0 Å². The number of hydrogen-bond donors (Lipinski definition) is 0. The Hall–Kier alpha value is -4.37. The Morgan fingerprint density at radius 3 is 1.44 bits per heavy atom. The third-order valence-corrected chi connectivity index (χ3v) is 6.40. The maximum absolute atomic E-state index is 4.26. The highest BCUT2D eigenvalue weighted by Gasteiger charge is 2.20. The molecule has 0 radical (unpaired) electrons. The predicted octanol–water partition coefficient (Wildman–Crippen LogP) is 7.28. The average Bonchev–Trinajstić information content (AvgIpc) is 3.38.